The summed E-state index contributed by atoms with van der Waals surface area (Å²) in [5, 5.41) is 3.09. The smallest absolute Gasteiger partial charge is 0.258 e. The molecule has 0 fully saturated rings. The van der Waals surface area contributed by atoms with E-state index in [1.807, 2.05) is 37.3 Å². The van der Waals surface area contributed by atoms with Crippen LogP contribution in [0.5, 0.6) is 0 Å². The first kappa shape index (κ1) is 20.0. The normalized spacial score (nSPS) is 10.9. The second-order valence-corrected chi connectivity index (χ2v) is 6.40. The number of hydrogen-bond donors (Lipinski definition) is 2. The highest BCUT2D eigenvalue weighted by molar-refractivity contribution is 5.94. The highest BCUT2D eigenvalue weighted by atomic mass is 16.2. The number of carbonyl (C=O) groups is 2. The zero-order valence-corrected chi connectivity index (χ0v) is 16.1. The summed E-state index contributed by atoms with van der Waals surface area (Å²) >= 11 is 0. The molecule has 3 rings (SSSR count). The number of nitrogens with one attached hydrogen (secondary N) is 2. The number of hydrogen-bond acceptors (Lipinski definition) is 4. The Morgan fingerprint density at radius 1 is 1.10 bits per heavy atom. The van der Waals surface area contributed by atoms with Crippen LogP contribution in [-0.4, -0.2) is 39.8 Å². The van der Waals surface area contributed by atoms with E-state index in [4.69, 9.17) is 0 Å². The number of H-pyrrole nitrogens is 1. The molecule has 0 aliphatic carbocycles. The number of aromatic nitrogens is 2. The van der Waals surface area contributed by atoms with Gasteiger partial charge in [0.2, 0.25) is 11.8 Å². The van der Waals surface area contributed by atoms with Crippen molar-refractivity contribution in [3.8, 4) is 0 Å². The molecule has 148 valence electrons. The van der Waals surface area contributed by atoms with E-state index >= 15 is 0 Å². The molecule has 0 aliphatic heterocycles. The largest absolute Gasteiger partial charge is 0.343 e. The van der Waals surface area contributed by atoms with Crippen LogP contribution in [0.3, 0.4) is 0 Å². The van der Waals surface area contributed by atoms with Crippen LogP contribution in [0.2, 0.25) is 0 Å². The van der Waals surface area contributed by atoms with E-state index in [1.165, 1.54) is 11.0 Å². The first-order valence-electron chi connectivity index (χ1n) is 9.33. The molecule has 3 aromatic rings. The molecule has 2 aromatic carbocycles. The summed E-state index contributed by atoms with van der Waals surface area (Å²) in [5.74, 6) is -0.209. The molecule has 1 aromatic heterocycles. The van der Waals surface area contributed by atoms with Gasteiger partial charge in [0.15, 0.2) is 0 Å². The minimum atomic E-state index is -0.351. The van der Waals surface area contributed by atoms with Gasteiger partial charge < -0.3 is 15.2 Å². The van der Waals surface area contributed by atoms with Crippen molar-refractivity contribution in [1.29, 1.82) is 0 Å². The number of amides is 2. The lowest BCUT2D eigenvalue weighted by atomic mass is 10.2. The van der Waals surface area contributed by atoms with Crippen LogP contribution in [0.4, 0.5) is 0 Å². The van der Waals surface area contributed by atoms with Crippen LogP contribution < -0.4 is 10.9 Å². The molecule has 0 bridgehead atoms. The van der Waals surface area contributed by atoms with E-state index in [1.54, 1.807) is 30.3 Å². The number of para-hydroxylation sites is 1. The van der Waals surface area contributed by atoms with Crippen molar-refractivity contribution in [2.45, 2.75) is 13.5 Å². The number of carbonyl (C=O) groups excluding carboxylic acids is 2. The lowest BCUT2D eigenvalue weighted by Gasteiger charge is -2.20. The molecule has 0 radical (unpaired) electrons. The van der Waals surface area contributed by atoms with Gasteiger partial charge in [-0.2, -0.15) is 0 Å². The zero-order valence-electron chi connectivity index (χ0n) is 16.1. The first-order valence-corrected chi connectivity index (χ1v) is 9.33. The van der Waals surface area contributed by atoms with Gasteiger partial charge in [-0.15, -0.1) is 0 Å². The Morgan fingerprint density at radius 3 is 2.59 bits per heavy atom. The first-order chi connectivity index (χ1) is 14.1. The van der Waals surface area contributed by atoms with Crippen molar-refractivity contribution in [1.82, 2.24) is 20.2 Å². The summed E-state index contributed by atoms with van der Waals surface area (Å²) in [4.78, 5) is 45.3. The van der Waals surface area contributed by atoms with Crippen molar-refractivity contribution in [3.63, 3.8) is 0 Å². The van der Waals surface area contributed by atoms with Gasteiger partial charge in [0.05, 0.1) is 24.0 Å². The third-order valence-corrected chi connectivity index (χ3v) is 4.38. The third-order valence-electron chi connectivity index (χ3n) is 4.38. The maximum Gasteiger partial charge on any atom is 0.258 e. The van der Waals surface area contributed by atoms with Gasteiger partial charge in [-0.05, 0) is 30.7 Å². The summed E-state index contributed by atoms with van der Waals surface area (Å²) in [6.45, 7) is 2.27. The molecule has 0 atom stereocenters. The quantitative estimate of drug-likeness (QED) is 0.604. The van der Waals surface area contributed by atoms with Crippen molar-refractivity contribution in [2.75, 3.05) is 13.1 Å². The molecule has 1 heterocycles. The molecular weight excluding hydrogens is 368 g/mol. The predicted molar refractivity (Wildman–Crippen MR) is 112 cm³/mol. The molecule has 29 heavy (non-hydrogen) atoms. The number of benzene rings is 2. The summed E-state index contributed by atoms with van der Waals surface area (Å²) in [6.07, 6.45) is 3.07. The maximum atomic E-state index is 12.5. The average molecular weight is 390 g/mol. The molecule has 2 amide bonds. The number of aromatic amines is 1. The van der Waals surface area contributed by atoms with Crippen LogP contribution in [0.15, 0.2) is 65.5 Å². The van der Waals surface area contributed by atoms with Crippen molar-refractivity contribution >= 4 is 28.8 Å². The third kappa shape index (κ3) is 5.38. The van der Waals surface area contributed by atoms with Gasteiger partial charge in [-0.3, -0.25) is 14.4 Å². The molecule has 0 saturated heterocycles. The number of nitrogens with zero attached hydrogens (tertiary/aromatic N) is 2. The van der Waals surface area contributed by atoms with Crippen LogP contribution in [0.1, 0.15) is 18.3 Å². The predicted octanol–water partition coefficient (Wildman–Crippen LogP) is 2.10. The van der Waals surface area contributed by atoms with Gasteiger partial charge >= 0.3 is 0 Å². The van der Waals surface area contributed by atoms with Gasteiger partial charge in [-0.1, -0.05) is 42.5 Å². The molecule has 0 saturated carbocycles. The summed E-state index contributed by atoms with van der Waals surface area (Å²) in [7, 11) is 0. The maximum absolute atomic E-state index is 12.5. The standard InChI is InChI=1S/C22H22N4O3/c1-2-26(15-19-24-18-11-7-6-10-17(18)22(29)25-19)21(28)14-23-20(27)13-12-16-8-4-3-5-9-16/h3-13H,2,14-15H2,1H3,(H,23,27)(H,24,25,29)/b13-12+. The van der Waals surface area contributed by atoms with Crippen molar-refractivity contribution < 1.29 is 9.59 Å². The number of fused-ring (bicyclic) bond motifs is 1. The molecule has 0 spiro atoms. The monoisotopic (exact) mass is 390 g/mol. The van der Waals surface area contributed by atoms with E-state index in [0.29, 0.717) is 23.3 Å². The number of rotatable bonds is 7. The van der Waals surface area contributed by atoms with Gasteiger partial charge in [-0.25, -0.2) is 4.98 Å². The fourth-order valence-corrected chi connectivity index (χ4v) is 2.84. The van der Waals surface area contributed by atoms with Crippen LogP contribution >= 0.6 is 0 Å². The average Bonchev–Trinajstić information content (AvgIpc) is 2.75. The summed E-state index contributed by atoms with van der Waals surface area (Å²) in [6, 6.07) is 16.5. The van der Waals surface area contributed by atoms with E-state index < -0.39 is 0 Å². The van der Waals surface area contributed by atoms with Gasteiger partial charge in [0.25, 0.3) is 5.56 Å². The van der Waals surface area contributed by atoms with Crippen LogP contribution in [0.25, 0.3) is 17.0 Å². The highest BCUT2D eigenvalue weighted by Crippen LogP contribution is 2.07. The van der Waals surface area contributed by atoms with Crippen molar-refractivity contribution in [3.05, 3.63) is 82.4 Å². The Labute approximate surface area is 168 Å². The fraction of sp³-hybridized carbons (Fsp3) is 0.182. The minimum absolute atomic E-state index is 0.135. The molecular formula is C22H22N4O3. The van der Waals surface area contributed by atoms with Crippen molar-refractivity contribution in [2.24, 2.45) is 0 Å². The Hall–Kier alpha value is -3.74. The van der Waals surface area contributed by atoms with Gasteiger partial charge in [0.1, 0.15) is 5.82 Å². The van der Waals surface area contributed by atoms with Crippen LogP contribution in [0, 0.1) is 0 Å². The molecule has 0 unspecified atom stereocenters. The van der Waals surface area contributed by atoms with Gasteiger partial charge in [0, 0.05) is 12.6 Å². The highest BCUT2D eigenvalue weighted by Gasteiger charge is 2.14. The zero-order chi connectivity index (χ0) is 20.6. The summed E-state index contributed by atoms with van der Waals surface area (Å²) < 4.78 is 0. The Balaban J connectivity index is 1.60. The molecule has 0 aliphatic rings. The lowest BCUT2D eigenvalue weighted by molar-refractivity contribution is -0.132. The second kappa shape index (κ2) is 9.45. The van der Waals surface area contributed by atoms with E-state index in [2.05, 4.69) is 15.3 Å². The Kier molecular flexibility index (Phi) is 6.52. The van der Waals surface area contributed by atoms with E-state index in [-0.39, 0.29) is 30.5 Å². The van der Waals surface area contributed by atoms with Crippen LogP contribution in [-0.2, 0) is 16.1 Å². The molecule has 7 heteroatoms. The van der Waals surface area contributed by atoms with E-state index in [9.17, 15) is 14.4 Å². The SMILES string of the molecule is CCN(Cc1nc2ccccc2c(=O)[nH]1)C(=O)CNC(=O)/C=C/c1ccccc1. The Morgan fingerprint density at radius 2 is 1.83 bits per heavy atom. The topological polar surface area (TPSA) is 95.2 Å². The van der Waals surface area contributed by atoms with E-state index in [0.717, 1.165) is 5.56 Å². The lowest BCUT2D eigenvalue weighted by Crippen LogP contribution is -2.39. The second-order valence-electron chi connectivity index (χ2n) is 6.40. The Bertz CT molecular complexity index is 1090. The summed E-state index contributed by atoms with van der Waals surface area (Å²) in [5.41, 5.74) is 1.23. The number of likely N-dealkylation sites (N-methyl/N-ethyl adjacent to an activating group) is 1. The minimum Gasteiger partial charge on any atom is -0.343 e. The fourth-order valence-electron chi connectivity index (χ4n) is 2.84. The molecule has 7 nitrogen and oxygen atoms in total. The molecule has 2 N–H and O–H groups in total.